The minimum atomic E-state index is -0.278. The maximum atomic E-state index is 14.2. The Morgan fingerprint density at radius 2 is 1.57 bits per heavy atom. The molecule has 0 radical (unpaired) electrons. The largest absolute Gasteiger partial charge is 0.497 e. The molecule has 9 nitrogen and oxygen atoms in total. The summed E-state index contributed by atoms with van der Waals surface area (Å²) >= 11 is 0. The highest BCUT2D eigenvalue weighted by molar-refractivity contribution is 6.07. The van der Waals surface area contributed by atoms with E-state index >= 15 is 0 Å². The number of urea groups is 1. The van der Waals surface area contributed by atoms with Crippen molar-refractivity contribution >= 4 is 28.9 Å². The van der Waals surface area contributed by atoms with Crippen LogP contribution in [0.1, 0.15) is 36.2 Å². The van der Waals surface area contributed by atoms with Crippen LogP contribution in [0, 0.1) is 0 Å². The van der Waals surface area contributed by atoms with E-state index in [-0.39, 0.29) is 6.03 Å². The molecular formula is C35H42N6O3. The Morgan fingerprint density at radius 3 is 2.20 bits per heavy atom. The number of anilines is 4. The second-order valence-electron chi connectivity index (χ2n) is 11.0. The number of piperazine rings is 1. The molecule has 4 aromatic rings. The predicted octanol–water partition coefficient (Wildman–Crippen LogP) is 6.33. The number of hydrogen-bond acceptors (Lipinski definition) is 7. The van der Waals surface area contributed by atoms with Gasteiger partial charge in [0.05, 0.1) is 25.6 Å². The first-order valence-electron chi connectivity index (χ1n) is 15.2. The van der Waals surface area contributed by atoms with Crippen LogP contribution in [0.5, 0.6) is 11.5 Å². The van der Waals surface area contributed by atoms with Crippen LogP contribution in [-0.4, -0.2) is 68.3 Å². The van der Waals surface area contributed by atoms with Gasteiger partial charge in [0, 0.05) is 61.7 Å². The number of rotatable bonds is 10. The van der Waals surface area contributed by atoms with Gasteiger partial charge in [-0.15, -0.1) is 0 Å². The smallest absolute Gasteiger partial charge is 0.332 e. The van der Waals surface area contributed by atoms with Gasteiger partial charge in [0.15, 0.2) is 0 Å². The average molecular weight is 595 g/mol. The number of methoxy groups -OCH3 is 2. The van der Waals surface area contributed by atoms with Gasteiger partial charge in [-0.1, -0.05) is 38.1 Å². The molecule has 0 saturated carbocycles. The number of aromatic nitrogens is 2. The summed E-state index contributed by atoms with van der Waals surface area (Å²) in [6.07, 6.45) is 3.63. The highest BCUT2D eigenvalue weighted by Gasteiger charge is 2.23. The van der Waals surface area contributed by atoms with Gasteiger partial charge in [-0.3, -0.25) is 0 Å². The van der Waals surface area contributed by atoms with E-state index in [0.29, 0.717) is 18.0 Å². The molecule has 1 aliphatic heterocycles. The van der Waals surface area contributed by atoms with E-state index in [2.05, 4.69) is 70.2 Å². The minimum Gasteiger partial charge on any atom is -0.497 e. The third-order valence-electron chi connectivity index (χ3n) is 8.21. The molecule has 9 heteroatoms. The number of ether oxygens (including phenoxy) is 2. The van der Waals surface area contributed by atoms with Gasteiger partial charge >= 0.3 is 6.03 Å². The number of likely N-dealkylation sites (N-methyl/N-ethyl adjacent to an activating group) is 1. The molecule has 5 rings (SSSR count). The van der Waals surface area contributed by atoms with Crippen molar-refractivity contribution in [3.63, 3.8) is 0 Å². The number of amides is 2. The third kappa shape index (κ3) is 6.94. The lowest BCUT2D eigenvalue weighted by molar-refractivity contribution is 0.259. The van der Waals surface area contributed by atoms with Crippen molar-refractivity contribution < 1.29 is 14.3 Å². The lowest BCUT2D eigenvalue weighted by atomic mass is 10.0. The van der Waals surface area contributed by atoms with Crippen LogP contribution in [0.25, 0.3) is 0 Å². The molecule has 3 aromatic carbocycles. The van der Waals surface area contributed by atoms with Crippen LogP contribution in [0.4, 0.5) is 27.7 Å². The Balaban J connectivity index is 1.50. The van der Waals surface area contributed by atoms with Crippen molar-refractivity contribution in [2.24, 2.45) is 0 Å². The number of nitrogens with one attached hydrogen (secondary N) is 1. The Kier molecular flexibility index (Phi) is 9.96. The maximum Gasteiger partial charge on any atom is 0.332 e. The van der Waals surface area contributed by atoms with E-state index < -0.39 is 0 Å². The van der Waals surface area contributed by atoms with Crippen LogP contribution in [0.15, 0.2) is 73.1 Å². The van der Waals surface area contributed by atoms with Crippen LogP contribution in [0.3, 0.4) is 0 Å². The monoisotopic (exact) mass is 594 g/mol. The van der Waals surface area contributed by atoms with Gasteiger partial charge in [-0.2, -0.15) is 0 Å². The van der Waals surface area contributed by atoms with E-state index in [4.69, 9.17) is 9.47 Å². The molecule has 1 aliphatic rings. The standard InChI is InChI=1S/C35H42N6O3/c1-6-25-9-8-10-26(7-2)34(25)38-35(42)41(30-14-12-29(13-15-30)40-19-17-39(3)18-20-40)33-22-28(36-24-37-33)21-27-11-16-31(43-4)23-32(27)44-5/h8-16,22-24H,6-7,17-21H2,1-5H3,(H,38,42). The topological polar surface area (TPSA) is 83.1 Å². The number of carbonyl (C=O) groups excluding carboxylic acids is 1. The Bertz CT molecular complexity index is 1550. The van der Waals surface area contributed by atoms with Crippen molar-refractivity contribution in [2.75, 3.05) is 62.6 Å². The molecule has 0 aliphatic carbocycles. The van der Waals surface area contributed by atoms with Crippen molar-refractivity contribution in [3.8, 4) is 11.5 Å². The van der Waals surface area contributed by atoms with E-state index in [0.717, 1.165) is 84.2 Å². The van der Waals surface area contributed by atoms with Crippen molar-refractivity contribution in [1.29, 1.82) is 0 Å². The molecule has 0 bridgehead atoms. The number of hydrogen-bond donors (Lipinski definition) is 1. The fraction of sp³-hybridized carbons (Fsp3) is 0.343. The second kappa shape index (κ2) is 14.2. The van der Waals surface area contributed by atoms with E-state index in [1.54, 1.807) is 19.1 Å². The normalized spacial score (nSPS) is 13.4. The molecule has 1 aromatic heterocycles. The summed E-state index contributed by atoms with van der Waals surface area (Å²) in [6, 6.07) is 21.6. The van der Waals surface area contributed by atoms with Gasteiger partial charge < -0.3 is 24.6 Å². The summed E-state index contributed by atoms with van der Waals surface area (Å²) < 4.78 is 11.0. The van der Waals surface area contributed by atoms with E-state index in [1.807, 2.05) is 42.5 Å². The molecular weight excluding hydrogens is 552 g/mol. The summed E-state index contributed by atoms with van der Waals surface area (Å²) in [7, 11) is 5.42. The summed E-state index contributed by atoms with van der Waals surface area (Å²) in [5.41, 5.74) is 6.62. The Morgan fingerprint density at radius 1 is 0.864 bits per heavy atom. The first kappa shape index (κ1) is 30.8. The zero-order chi connectivity index (χ0) is 31.1. The summed E-state index contributed by atoms with van der Waals surface area (Å²) in [4.78, 5) is 29.7. The summed E-state index contributed by atoms with van der Waals surface area (Å²) in [6.45, 7) is 8.19. The fourth-order valence-corrected chi connectivity index (χ4v) is 5.59. The van der Waals surface area contributed by atoms with Crippen LogP contribution < -0.4 is 24.6 Å². The molecule has 0 atom stereocenters. The van der Waals surface area contributed by atoms with Crippen LogP contribution >= 0.6 is 0 Å². The number of aryl methyl sites for hydroxylation is 2. The molecule has 1 N–H and O–H groups in total. The quantitative estimate of drug-likeness (QED) is 0.230. The van der Waals surface area contributed by atoms with Gasteiger partial charge in [0.1, 0.15) is 23.6 Å². The molecule has 230 valence electrons. The third-order valence-corrected chi connectivity index (χ3v) is 8.21. The maximum absolute atomic E-state index is 14.2. The molecule has 44 heavy (non-hydrogen) atoms. The molecule has 2 amide bonds. The molecule has 0 unspecified atom stereocenters. The van der Waals surface area contributed by atoms with E-state index in [1.165, 1.54) is 6.33 Å². The van der Waals surface area contributed by atoms with Crippen molar-refractivity contribution in [2.45, 2.75) is 33.1 Å². The zero-order valence-corrected chi connectivity index (χ0v) is 26.3. The van der Waals surface area contributed by atoms with Gasteiger partial charge in [-0.05, 0) is 61.3 Å². The highest BCUT2D eigenvalue weighted by Crippen LogP contribution is 2.31. The molecule has 1 saturated heterocycles. The number of para-hydroxylation sites is 1. The van der Waals surface area contributed by atoms with Crippen molar-refractivity contribution in [1.82, 2.24) is 14.9 Å². The molecule has 0 spiro atoms. The predicted molar refractivity (Wildman–Crippen MR) is 177 cm³/mol. The summed E-state index contributed by atoms with van der Waals surface area (Å²) in [5.74, 6) is 1.91. The molecule has 1 fully saturated rings. The van der Waals surface area contributed by atoms with Crippen molar-refractivity contribution in [3.05, 3.63) is 95.4 Å². The Labute approximate surface area is 260 Å². The van der Waals surface area contributed by atoms with Gasteiger partial charge in [-0.25, -0.2) is 19.7 Å². The zero-order valence-electron chi connectivity index (χ0n) is 26.3. The lowest BCUT2D eigenvalue weighted by Crippen LogP contribution is -2.44. The number of nitrogens with zero attached hydrogens (tertiary/aromatic N) is 5. The average Bonchev–Trinajstić information content (AvgIpc) is 3.06. The van der Waals surface area contributed by atoms with Gasteiger partial charge in [0.2, 0.25) is 0 Å². The number of benzene rings is 3. The number of carbonyl (C=O) groups is 1. The Hall–Kier alpha value is -4.63. The lowest BCUT2D eigenvalue weighted by Gasteiger charge is -2.34. The first-order chi connectivity index (χ1) is 21.4. The molecule has 2 heterocycles. The first-order valence-corrected chi connectivity index (χ1v) is 15.2. The SMILES string of the molecule is CCc1cccc(CC)c1NC(=O)N(c1ccc(N2CCN(C)CC2)cc1)c1cc(Cc2ccc(OC)cc2OC)ncn1. The second-order valence-corrected chi connectivity index (χ2v) is 11.0. The summed E-state index contributed by atoms with van der Waals surface area (Å²) in [5, 5.41) is 3.24. The van der Waals surface area contributed by atoms with Crippen LogP contribution in [-0.2, 0) is 19.3 Å². The van der Waals surface area contributed by atoms with Gasteiger partial charge in [0.25, 0.3) is 0 Å². The minimum absolute atomic E-state index is 0.278. The van der Waals surface area contributed by atoms with E-state index in [9.17, 15) is 4.79 Å². The van der Waals surface area contributed by atoms with Crippen LogP contribution in [0.2, 0.25) is 0 Å². The fourth-order valence-electron chi connectivity index (χ4n) is 5.59. The highest BCUT2D eigenvalue weighted by atomic mass is 16.5.